The normalized spacial score (nSPS) is 19.8. The number of pyridine rings is 1. The van der Waals surface area contributed by atoms with Crippen LogP contribution in [0.5, 0.6) is 5.75 Å². The molecule has 1 aliphatic carbocycles. The van der Waals surface area contributed by atoms with Crippen LogP contribution in [0.3, 0.4) is 0 Å². The molecule has 5 heteroatoms. The number of carbonyl (C=O) groups is 1. The molecule has 4 rings (SSSR count). The number of fused-ring (bicyclic) bond motifs is 1. The zero-order valence-corrected chi connectivity index (χ0v) is 17.9. The number of amides is 1. The van der Waals surface area contributed by atoms with Gasteiger partial charge in [-0.2, -0.15) is 0 Å². The Kier molecular flexibility index (Phi) is 6.04. The van der Waals surface area contributed by atoms with Crippen molar-refractivity contribution < 1.29 is 9.53 Å². The summed E-state index contributed by atoms with van der Waals surface area (Å²) in [4.78, 5) is 22.0. The largest absolute Gasteiger partial charge is 0.489 e. The molecule has 0 bridgehead atoms. The minimum atomic E-state index is 0.0562. The van der Waals surface area contributed by atoms with Crippen molar-refractivity contribution in [3.63, 3.8) is 0 Å². The van der Waals surface area contributed by atoms with Gasteiger partial charge in [0.25, 0.3) is 5.91 Å². The first-order valence-corrected chi connectivity index (χ1v) is 11.1. The van der Waals surface area contributed by atoms with Crippen molar-refractivity contribution in [3.8, 4) is 5.75 Å². The fourth-order valence-corrected chi connectivity index (χ4v) is 4.13. The highest BCUT2D eigenvalue weighted by Crippen LogP contribution is 2.30. The number of likely N-dealkylation sites (tertiary alicyclic amines) is 1. The van der Waals surface area contributed by atoms with E-state index in [1.54, 1.807) is 0 Å². The molecule has 2 aromatic rings. The lowest BCUT2D eigenvalue weighted by Crippen LogP contribution is -2.34. The van der Waals surface area contributed by atoms with E-state index in [1.807, 2.05) is 35.2 Å². The van der Waals surface area contributed by atoms with Gasteiger partial charge < -0.3 is 9.64 Å². The molecule has 5 nitrogen and oxygen atoms in total. The predicted molar refractivity (Wildman–Crippen MR) is 116 cm³/mol. The summed E-state index contributed by atoms with van der Waals surface area (Å²) in [7, 11) is 0. The molecule has 1 aromatic carbocycles. The second-order valence-corrected chi connectivity index (χ2v) is 8.86. The average molecular weight is 396 g/mol. The quantitative estimate of drug-likeness (QED) is 0.666. The summed E-state index contributed by atoms with van der Waals surface area (Å²) >= 11 is 0. The van der Waals surface area contributed by atoms with Crippen molar-refractivity contribution in [2.75, 3.05) is 26.2 Å². The van der Waals surface area contributed by atoms with E-state index in [1.165, 1.54) is 12.8 Å². The van der Waals surface area contributed by atoms with Crippen molar-refractivity contribution >= 4 is 16.8 Å². The molecule has 2 aliphatic rings. The van der Waals surface area contributed by atoms with Crippen LogP contribution in [-0.2, 0) is 0 Å². The molecule has 1 amide bonds. The Balaban J connectivity index is 1.46. The molecule has 2 fully saturated rings. The van der Waals surface area contributed by atoms with E-state index in [2.05, 4.69) is 30.7 Å². The highest BCUT2D eigenvalue weighted by atomic mass is 16.5. The molecule has 156 valence electrons. The zero-order valence-electron chi connectivity index (χ0n) is 17.9. The van der Waals surface area contributed by atoms with E-state index in [9.17, 15) is 4.79 Å². The lowest BCUT2D eigenvalue weighted by molar-refractivity contribution is 0.0742. The summed E-state index contributed by atoms with van der Waals surface area (Å²) in [5.41, 5.74) is 1.39. The molecule has 29 heavy (non-hydrogen) atoms. The van der Waals surface area contributed by atoms with Crippen molar-refractivity contribution in [1.82, 2.24) is 14.8 Å². The number of benzene rings is 1. The Bertz CT molecular complexity index is 862. The summed E-state index contributed by atoms with van der Waals surface area (Å²) in [5.74, 6) is 1.63. The van der Waals surface area contributed by atoms with E-state index >= 15 is 0 Å². The SMILES string of the molecule is CCCN(CC1CC1)C(=O)c1ccc2cc(OC3CCN(C(C)C)C3)ccc2n1. The van der Waals surface area contributed by atoms with Crippen molar-refractivity contribution in [2.24, 2.45) is 5.92 Å². The second-order valence-electron chi connectivity index (χ2n) is 8.86. The van der Waals surface area contributed by atoms with Crippen LogP contribution in [0, 0.1) is 5.92 Å². The van der Waals surface area contributed by atoms with Gasteiger partial charge in [0, 0.05) is 37.6 Å². The van der Waals surface area contributed by atoms with Crippen LogP contribution in [0.1, 0.15) is 56.9 Å². The topological polar surface area (TPSA) is 45.7 Å². The van der Waals surface area contributed by atoms with Gasteiger partial charge in [0.1, 0.15) is 17.5 Å². The molecular weight excluding hydrogens is 362 g/mol. The molecule has 0 spiro atoms. The van der Waals surface area contributed by atoms with Gasteiger partial charge in [0.2, 0.25) is 0 Å². The molecule has 0 radical (unpaired) electrons. The second kappa shape index (κ2) is 8.70. The molecule has 1 aromatic heterocycles. The first-order chi connectivity index (χ1) is 14.0. The van der Waals surface area contributed by atoms with Crippen molar-refractivity contribution in [2.45, 2.75) is 58.6 Å². The number of aromatic nitrogens is 1. The monoisotopic (exact) mass is 395 g/mol. The minimum absolute atomic E-state index is 0.0562. The van der Waals surface area contributed by atoms with Crippen LogP contribution in [0.15, 0.2) is 30.3 Å². The Hall–Kier alpha value is -2.14. The molecule has 1 aliphatic heterocycles. The van der Waals surface area contributed by atoms with Gasteiger partial charge in [-0.1, -0.05) is 13.0 Å². The third kappa shape index (κ3) is 4.89. The van der Waals surface area contributed by atoms with Gasteiger partial charge in [-0.25, -0.2) is 4.98 Å². The van der Waals surface area contributed by atoms with E-state index in [0.29, 0.717) is 17.7 Å². The molecule has 2 heterocycles. The number of rotatable bonds is 8. The molecule has 1 unspecified atom stereocenters. The fraction of sp³-hybridized carbons (Fsp3) is 0.583. The van der Waals surface area contributed by atoms with E-state index in [0.717, 1.165) is 55.7 Å². The van der Waals surface area contributed by atoms with E-state index < -0.39 is 0 Å². The van der Waals surface area contributed by atoms with Crippen molar-refractivity contribution in [1.29, 1.82) is 0 Å². The number of carbonyl (C=O) groups excluding carboxylic acids is 1. The maximum absolute atomic E-state index is 13.0. The Labute approximate surface area is 174 Å². The summed E-state index contributed by atoms with van der Waals surface area (Å²) < 4.78 is 6.22. The van der Waals surface area contributed by atoms with Crippen LogP contribution in [-0.4, -0.2) is 59.0 Å². The van der Waals surface area contributed by atoms with Gasteiger partial charge in [-0.15, -0.1) is 0 Å². The summed E-state index contributed by atoms with van der Waals surface area (Å²) in [6, 6.07) is 10.4. The lowest BCUT2D eigenvalue weighted by atomic mass is 10.1. The fourth-order valence-electron chi connectivity index (χ4n) is 4.13. The Morgan fingerprint density at radius 2 is 2.07 bits per heavy atom. The predicted octanol–water partition coefficient (Wildman–Crippen LogP) is 4.36. The highest BCUT2D eigenvalue weighted by Gasteiger charge is 2.28. The summed E-state index contributed by atoms with van der Waals surface area (Å²) in [6.45, 7) is 10.3. The first kappa shape index (κ1) is 20.1. The van der Waals surface area contributed by atoms with Crippen LogP contribution < -0.4 is 4.74 Å². The van der Waals surface area contributed by atoms with Gasteiger partial charge in [-0.05, 0) is 69.7 Å². The number of ether oxygens (including phenoxy) is 1. The van der Waals surface area contributed by atoms with E-state index in [-0.39, 0.29) is 12.0 Å². The number of hydrogen-bond donors (Lipinski definition) is 0. The molecule has 1 saturated heterocycles. The van der Waals surface area contributed by atoms with Crippen LogP contribution in [0.25, 0.3) is 10.9 Å². The average Bonchev–Trinajstić information content (AvgIpc) is 3.41. The number of nitrogens with zero attached hydrogens (tertiary/aromatic N) is 3. The molecule has 1 atom stereocenters. The van der Waals surface area contributed by atoms with Gasteiger partial charge in [0.05, 0.1) is 5.52 Å². The third-order valence-corrected chi connectivity index (χ3v) is 6.05. The standard InChI is InChI=1S/C24H33N3O2/c1-4-12-27(15-18-5-6-18)24(28)23-9-7-19-14-20(8-10-22(19)25-23)29-21-11-13-26(16-21)17(2)3/h7-10,14,17-18,21H,4-6,11-13,15-16H2,1-3H3. The van der Waals surface area contributed by atoms with Crippen LogP contribution >= 0.6 is 0 Å². The van der Waals surface area contributed by atoms with Gasteiger partial charge in [-0.3, -0.25) is 9.69 Å². The third-order valence-electron chi connectivity index (χ3n) is 6.05. The first-order valence-electron chi connectivity index (χ1n) is 11.1. The van der Waals surface area contributed by atoms with Crippen molar-refractivity contribution in [3.05, 3.63) is 36.0 Å². The smallest absolute Gasteiger partial charge is 0.272 e. The maximum atomic E-state index is 13.0. The molecule has 0 N–H and O–H groups in total. The van der Waals surface area contributed by atoms with E-state index in [4.69, 9.17) is 4.74 Å². The molecule has 1 saturated carbocycles. The maximum Gasteiger partial charge on any atom is 0.272 e. The Morgan fingerprint density at radius 3 is 2.76 bits per heavy atom. The van der Waals surface area contributed by atoms with Crippen LogP contribution in [0.2, 0.25) is 0 Å². The van der Waals surface area contributed by atoms with Gasteiger partial charge >= 0.3 is 0 Å². The number of hydrogen-bond acceptors (Lipinski definition) is 4. The van der Waals surface area contributed by atoms with Crippen LogP contribution in [0.4, 0.5) is 0 Å². The minimum Gasteiger partial charge on any atom is -0.489 e. The molecular formula is C24H33N3O2. The summed E-state index contributed by atoms with van der Waals surface area (Å²) in [5, 5.41) is 1.02. The highest BCUT2D eigenvalue weighted by molar-refractivity contribution is 5.95. The van der Waals surface area contributed by atoms with Gasteiger partial charge in [0.15, 0.2) is 0 Å². The lowest BCUT2D eigenvalue weighted by Gasteiger charge is -2.22. The summed E-state index contributed by atoms with van der Waals surface area (Å²) in [6.07, 6.45) is 4.78. The Morgan fingerprint density at radius 1 is 1.24 bits per heavy atom. The zero-order chi connectivity index (χ0) is 20.4.